The Bertz CT molecular complexity index is 2410. The molecule has 0 bridgehead atoms. The predicted molar refractivity (Wildman–Crippen MR) is 304 cm³/mol. The molecule has 5 N–H and O–H groups in total. The molecule has 2 aliphatic heterocycles. The lowest BCUT2D eigenvalue weighted by Gasteiger charge is -2.39. The molecular formula is C59H89N9O13. The summed E-state index contributed by atoms with van der Waals surface area (Å²) in [4.78, 5) is 136. The van der Waals surface area contributed by atoms with Gasteiger partial charge in [-0.2, -0.15) is 0 Å². The van der Waals surface area contributed by atoms with Crippen LogP contribution in [-0.2, 0) is 70.4 Å². The summed E-state index contributed by atoms with van der Waals surface area (Å²) < 4.78 is 17.3. The molecule has 448 valence electrons. The van der Waals surface area contributed by atoms with Gasteiger partial charge in [0.1, 0.15) is 18.7 Å². The van der Waals surface area contributed by atoms with Crippen molar-refractivity contribution in [1.29, 1.82) is 0 Å². The van der Waals surface area contributed by atoms with Crippen LogP contribution in [0.5, 0.6) is 0 Å². The number of hydrogen-bond donors (Lipinski definition) is 5. The van der Waals surface area contributed by atoms with Crippen LogP contribution in [0.3, 0.4) is 0 Å². The summed E-state index contributed by atoms with van der Waals surface area (Å²) in [5.74, 6) is -3.79. The van der Waals surface area contributed by atoms with Gasteiger partial charge < -0.3 is 50.6 Å². The first-order valence-electron chi connectivity index (χ1n) is 28.5. The average molecular weight is 1130 g/mol. The summed E-state index contributed by atoms with van der Waals surface area (Å²) in [6.07, 6.45) is 3.22. The van der Waals surface area contributed by atoms with Crippen molar-refractivity contribution >= 4 is 64.9 Å². The van der Waals surface area contributed by atoms with E-state index in [4.69, 9.17) is 14.2 Å². The average Bonchev–Trinajstić information content (AvgIpc) is 4.07. The Morgan fingerprint density at radius 1 is 0.716 bits per heavy atom. The van der Waals surface area contributed by atoms with E-state index in [1.54, 1.807) is 71.0 Å². The number of nitrogens with one attached hydrogen (secondary N) is 5. The number of unbranched alkanes of at least 4 members (excludes halogenated alkanes) is 2. The number of likely N-dealkylation sites (tertiary alicyclic amines) is 2. The van der Waals surface area contributed by atoms with E-state index < -0.39 is 60.1 Å². The van der Waals surface area contributed by atoms with Crippen LogP contribution in [-0.4, -0.2) is 176 Å². The number of carbonyl (C=O) groups is 10. The molecule has 81 heavy (non-hydrogen) atoms. The maximum atomic E-state index is 14.1. The summed E-state index contributed by atoms with van der Waals surface area (Å²) in [6.45, 7) is 11.4. The van der Waals surface area contributed by atoms with E-state index >= 15 is 0 Å². The van der Waals surface area contributed by atoms with Gasteiger partial charge in [-0.25, -0.2) is 4.79 Å². The second kappa shape index (κ2) is 33.7. The van der Waals surface area contributed by atoms with Gasteiger partial charge in [-0.3, -0.25) is 53.0 Å². The molecule has 2 aromatic rings. The summed E-state index contributed by atoms with van der Waals surface area (Å²) in [5, 5.41) is 13.7. The molecule has 10 amide bonds. The molecule has 2 aliphatic rings. The molecule has 0 aromatic heterocycles. The molecule has 22 nitrogen and oxygen atoms in total. The monoisotopic (exact) mass is 1130 g/mol. The van der Waals surface area contributed by atoms with Crippen molar-refractivity contribution in [3.63, 3.8) is 0 Å². The highest BCUT2D eigenvalue weighted by Gasteiger charge is 2.40. The molecule has 7 atom stereocenters. The van der Waals surface area contributed by atoms with Crippen molar-refractivity contribution in [3.8, 4) is 0 Å². The fraction of sp³-hybridized carbons (Fsp3) is 0.627. The zero-order valence-electron chi connectivity index (χ0n) is 49.2. The molecular weight excluding hydrogens is 1040 g/mol. The molecule has 0 spiro atoms. The van der Waals surface area contributed by atoms with Crippen LogP contribution in [0.25, 0.3) is 0 Å². The smallest absolute Gasteiger partial charge is 0.410 e. The first-order chi connectivity index (χ1) is 38.6. The summed E-state index contributed by atoms with van der Waals surface area (Å²) in [7, 11) is 6.11. The van der Waals surface area contributed by atoms with Crippen molar-refractivity contribution in [2.75, 3.05) is 66.4 Å². The van der Waals surface area contributed by atoms with Crippen LogP contribution in [0.15, 0.2) is 54.6 Å². The van der Waals surface area contributed by atoms with Gasteiger partial charge in [0.05, 0.1) is 50.2 Å². The van der Waals surface area contributed by atoms with E-state index in [0.717, 1.165) is 12.0 Å². The number of rotatable bonds is 33. The van der Waals surface area contributed by atoms with E-state index in [1.165, 1.54) is 28.9 Å². The van der Waals surface area contributed by atoms with Crippen molar-refractivity contribution in [2.45, 2.75) is 162 Å². The molecule has 0 aliphatic carbocycles. The number of ether oxygens (including phenoxy) is 3. The zero-order chi connectivity index (χ0) is 59.8. The van der Waals surface area contributed by atoms with Crippen LogP contribution < -0.4 is 26.6 Å². The van der Waals surface area contributed by atoms with Crippen molar-refractivity contribution in [2.24, 2.45) is 17.8 Å². The Balaban J connectivity index is 1.22. The van der Waals surface area contributed by atoms with Gasteiger partial charge >= 0.3 is 6.09 Å². The number of anilines is 1. The molecule has 0 radical (unpaired) electrons. The van der Waals surface area contributed by atoms with E-state index in [0.29, 0.717) is 69.4 Å². The number of carbonyl (C=O) groups excluding carboxylic acids is 10. The molecule has 0 saturated carbocycles. The fourth-order valence-corrected chi connectivity index (χ4v) is 10.4. The number of imide groups is 1. The summed E-state index contributed by atoms with van der Waals surface area (Å²) in [6, 6.07) is 13.6. The maximum absolute atomic E-state index is 14.1. The van der Waals surface area contributed by atoms with Gasteiger partial charge in [-0.1, -0.05) is 96.8 Å². The van der Waals surface area contributed by atoms with Gasteiger partial charge in [0.2, 0.25) is 53.2 Å². The fourth-order valence-electron chi connectivity index (χ4n) is 10.4. The second-order valence-electron chi connectivity index (χ2n) is 21.8. The maximum Gasteiger partial charge on any atom is 0.410 e. The lowest BCUT2D eigenvalue weighted by Crippen LogP contribution is -2.55. The standard InChI is InChI=1S/C59H89N9O13/c1-11-40(6)56(46(80-10)34-52(74)67-32-18-21-44(67)45(79-9)33-48(70)60-30-29-41-19-14-12-15-20-41)65(7)53(75)36-62-58(77)55(39(4)5)66(8)59(78)81-37-42-23-25-43(26-24-42)63-49(71)35-61-57(76)54(38(2)3)64-47(69)22-16-13-17-31-68-50(72)27-28-51(68)73/h12,14-15,19-20,23-26,38-40,44-46,54-56H,11,13,16-18,21-22,27-37H2,1-10H3,(H,60,70)(H,61,76)(H,62,77)(H,63,71)(H,64,69)/t40-,44-,45+,46+,54?,55?,56-/m0/s1. The van der Waals surface area contributed by atoms with E-state index in [9.17, 15) is 47.9 Å². The van der Waals surface area contributed by atoms with Crippen LogP contribution >= 0.6 is 0 Å². The molecule has 2 heterocycles. The summed E-state index contributed by atoms with van der Waals surface area (Å²) in [5.41, 5.74) is 2.11. The van der Waals surface area contributed by atoms with E-state index in [2.05, 4.69) is 26.6 Å². The molecule has 2 unspecified atom stereocenters. The lowest BCUT2D eigenvalue weighted by molar-refractivity contribution is -0.144. The minimum absolute atomic E-state index is 0.0264. The third-order valence-corrected chi connectivity index (χ3v) is 15.2. The highest BCUT2D eigenvalue weighted by atomic mass is 16.6. The van der Waals surface area contributed by atoms with Crippen molar-refractivity contribution < 1.29 is 62.2 Å². The quantitative estimate of drug-likeness (QED) is 0.0493. The SMILES string of the molecule is CC[C@H](C)[C@@H]([C@@H](CC(=O)N1CCC[C@H]1[C@@H](CC(=O)NCCc1ccccc1)OC)OC)N(C)C(=O)CNC(=O)C(C(C)C)N(C)C(=O)OCc1ccc(NC(=O)CNC(=O)C(NC(=O)CCCCCN2C(=O)CCC2=O)C(C)C)cc1. The predicted octanol–water partition coefficient (Wildman–Crippen LogP) is 4.33. The number of benzene rings is 2. The number of hydrogen-bond acceptors (Lipinski definition) is 13. The molecule has 4 rings (SSSR count). The van der Waals surface area contributed by atoms with Crippen LogP contribution in [0, 0.1) is 17.8 Å². The lowest BCUT2D eigenvalue weighted by atomic mass is 9.90. The van der Waals surface area contributed by atoms with Crippen LogP contribution in [0.4, 0.5) is 10.5 Å². The van der Waals surface area contributed by atoms with E-state index in [-0.39, 0.29) is 105 Å². The van der Waals surface area contributed by atoms with Gasteiger partial charge in [0.15, 0.2) is 0 Å². The van der Waals surface area contributed by atoms with Gasteiger partial charge in [0.25, 0.3) is 0 Å². The number of methoxy groups -OCH3 is 2. The topological polar surface area (TPSA) is 272 Å². The normalized spacial score (nSPS) is 16.5. The Labute approximate surface area is 477 Å². The Kier molecular flexibility index (Phi) is 27.7. The largest absolute Gasteiger partial charge is 0.445 e. The highest BCUT2D eigenvalue weighted by molar-refractivity contribution is 6.02. The molecule has 2 saturated heterocycles. The van der Waals surface area contributed by atoms with Crippen LogP contribution in [0.1, 0.15) is 123 Å². The summed E-state index contributed by atoms with van der Waals surface area (Å²) >= 11 is 0. The minimum atomic E-state index is -1.01. The number of nitrogens with zero attached hydrogens (tertiary/aromatic N) is 4. The third kappa shape index (κ3) is 20.8. The third-order valence-electron chi connectivity index (χ3n) is 15.2. The number of amides is 10. The van der Waals surface area contributed by atoms with Crippen molar-refractivity contribution in [1.82, 2.24) is 40.9 Å². The molecule has 2 fully saturated rings. The first kappa shape index (κ1) is 66.6. The van der Waals surface area contributed by atoms with Gasteiger partial charge in [-0.15, -0.1) is 0 Å². The minimum Gasteiger partial charge on any atom is -0.445 e. The Morgan fingerprint density at radius 2 is 1.38 bits per heavy atom. The first-order valence-corrected chi connectivity index (χ1v) is 28.5. The van der Waals surface area contributed by atoms with Crippen molar-refractivity contribution in [3.05, 3.63) is 65.7 Å². The van der Waals surface area contributed by atoms with Gasteiger partial charge in [0, 0.05) is 72.9 Å². The molecule has 22 heteroatoms. The van der Waals surface area contributed by atoms with Gasteiger partial charge in [-0.05, 0) is 73.1 Å². The Hall–Kier alpha value is -6.94. The highest BCUT2D eigenvalue weighted by Crippen LogP contribution is 2.28. The number of likely N-dealkylation sites (N-methyl/N-ethyl adjacent to an activating group) is 2. The Morgan fingerprint density at radius 3 is 2.00 bits per heavy atom. The van der Waals surface area contributed by atoms with Crippen LogP contribution in [0.2, 0.25) is 0 Å². The second-order valence-corrected chi connectivity index (χ2v) is 21.8. The zero-order valence-corrected chi connectivity index (χ0v) is 49.2. The van der Waals surface area contributed by atoms with E-state index in [1.807, 2.05) is 44.2 Å². The molecule has 2 aromatic carbocycles.